The molecule has 6 heteroatoms. The Hall–Kier alpha value is -1.85. The molecule has 1 aliphatic rings. The van der Waals surface area contributed by atoms with Gasteiger partial charge in [-0.05, 0) is 25.3 Å². The summed E-state index contributed by atoms with van der Waals surface area (Å²) in [4.78, 5) is 24.7. The number of carbonyl (C=O) groups is 2. The summed E-state index contributed by atoms with van der Waals surface area (Å²) in [5, 5.41) is 5.79. The highest BCUT2D eigenvalue weighted by Gasteiger charge is 2.39. The van der Waals surface area contributed by atoms with Gasteiger partial charge in [0.25, 0.3) is 0 Å². The van der Waals surface area contributed by atoms with Gasteiger partial charge in [-0.2, -0.15) is 0 Å². The fourth-order valence-corrected chi connectivity index (χ4v) is 3.81. The molecule has 2 unspecified atom stereocenters. The molecule has 126 valence electrons. The van der Waals surface area contributed by atoms with Gasteiger partial charge in [-0.25, -0.2) is 4.79 Å². The predicted molar refractivity (Wildman–Crippen MR) is 96.6 cm³/mol. The van der Waals surface area contributed by atoms with Crippen LogP contribution in [0.1, 0.15) is 30.6 Å². The van der Waals surface area contributed by atoms with Crippen LogP contribution < -0.4 is 5.32 Å². The summed E-state index contributed by atoms with van der Waals surface area (Å²) in [5.41, 5.74) is 1.80. The molecule has 0 aliphatic heterocycles. The van der Waals surface area contributed by atoms with Gasteiger partial charge >= 0.3 is 5.97 Å². The molecule has 24 heavy (non-hydrogen) atoms. The third-order valence-electron chi connectivity index (χ3n) is 4.12. The molecule has 3 rings (SSSR count). The monoisotopic (exact) mass is 363 g/mol. The van der Waals surface area contributed by atoms with E-state index in [1.807, 2.05) is 30.5 Å². The van der Waals surface area contributed by atoms with Crippen molar-refractivity contribution in [2.75, 3.05) is 11.9 Å². The smallest absolute Gasteiger partial charge is 0.341 e. The van der Waals surface area contributed by atoms with Crippen molar-refractivity contribution in [3.05, 3.63) is 40.2 Å². The number of ether oxygens (including phenoxy) is 1. The second-order valence-corrected chi connectivity index (χ2v) is 7.15. The summed E-state index contributed by atoms with van der Waals surface area (Å²) in [6.45, 7) is 4.06. The van der Waals surface area contributed by atoms with Crippen LogP contribution in [0.5, 0.6) is 0 Å². The molecule has 0 radical (unpaired) electrons. The van der Waals surface area contributed by atoms with Crippen LogP contribution in [0.25, 0.3) is 11.1 Å². The van der Waals surface area contributed by atoms with E-state index in [0.717, 1.165) is 12.0 Å². The van der Waals surface area contributed by atoms with Crippen LogP contribution in [0.3, 0.4) is 0 Å². The van der Waals surface area contributed by atoms with Crippen LogP contribution in [0, 0.1) is 11.8 Å². The highest BCUT2D eigenvalue weighted by atomic mass is 35.5. The Labute approximate surface area is 149 Å². The Morgan fingerprint density at radius 2 is 2.04 bits per heavy atom. The Morgan fingerprint density at radius 3 is 2.67 bits per heavy atom. The lowest BCUT2D eigenvalue weighted by atomic mass is 10.0. The van der Waals surface area contributed by atoms with E-state index >= 15 is 0 Å². The Kier molecular flexibility index (Phi) is 4.92. The number of rotatable bonds is 5. The fraction of sp³-hybridized carbons (Fsp3) is 0.333. The average molecular weight is 364 g/mol. The number of hydrogen-bond acceptors (Lipinski definition) is 4. The molecule has 2 aromatic rings. The molecule has 0 saturated heterocycles. The van der Waals surface area contributed by atoms with Crippen molar-refractivity contribution in [1.29, 1.82) is 0 Å². The molecule has 1 heterocycles. The first-order valence-electron chi connectivity index (χ1n) is 7.87. The summed E-state index contributed by atoms with van der Waals surface area (Å²) in [6.07, 6.45) is 0.892. The van der Waals surface area contributed by atoms with Crippen LogP contribution in [-0.4, -0.2) is 18.5 Å². The summed E-state index contributed by atoms with van der Waals surface area (Å²) < 4.78 is 5.18. The van der Waals surface area contributed by atoms with Crippen molar-refractivity contribution < 1.29 is 14.3 Å². The van der Waals surface area contributed by atoms with E-state index in [4.69, 9.17) is 16.3 Å². The number of amides is 1. The average Bonchev–Trinajstić information content (AvgIpc) is 3.14. The second kappa shape index (κ2) is 6.95. The highest BCUT2D eigenvalue weighted by Crippen LogP contribution is 2.42. The lowest BCUT2D eigenvalue weighted by molar-refractivity contribution is -0.117. The van der Waals surface area contributed by atoms with Crippen LogP contribution in [0.4, 0.5) is 5.00 Å². The Balaban J connectivity index is 1.99. The van der Waals surface area contributed by atoms with Gasteiger partial charge in [-0.1, -0.05) is 36.7 Å². The number of halogens is 1. The maximum absolute atomic E-state index is 12.5. The molecule has 4 nitrogen and oxygen atoms in total. The van der Waals surface area contributed by atoms with Gasteiger partial charge in [0.05, 0.1) is 6.61 Å². The Bertz CT molecular complexity index is 786. The minimum absolute atomic E-state index is 0.0332. The zero-order chi connectivity index (χ0) is 17.3. The van der Waals surface area contributed by atoms with Gasteiger partial charge in [-0.3, -0.25) is 4.79 Å². The first-order chi connectivity index (χ1) is 11.5. The standard InChI is InChI=1S/C18H18ClNO3S/c1-3-23-18(22)15-13(11-6-4-5-7-14(11)19)9-24-17(15)20-16(21)12-8-10(12)2/h4-7,9-10,12H,3,8H2,1-2H3,(H,20,21). The van der Waals surface area contributed by atoms with Gasteiger partial charge in [0, 0.05) is 27.4 Å². The molecule has 1 aromatic heterocycles. The quantitative estimate of drug-likeness (QED) is 0.773. The third kappa shape index (κ3) is 3.32. The van der Waals surface area contributed by atoms with E-state index in [1.165, 1.54) is 11.3 Å². The summed E-state index contributed by atoms with van der Waals surface area (Å²) in [6, 6.07) is 7.31. The zero-order valence-corrected chi connectivity index (χ0v) is 15.0. The van der Waals surface area contributed by atoms with Gasteiger partial charge in [0.15, 0.2) is 0 Å². The molecule has 1 N–H and O–H groups in total. The van der Waals surface area contributed by atoms with E-state index in [0.29, 0.717) is 27.1 Å². The van der Waals surface area contributed by atoms with Gasteiger partial charge in [-0.15, -0.1) is 11.3 Å². The summed E-state index contributed by atoms with van der Waals surface area (Å²) >= 11 is 7.59. The molecule has 1 fully saturated rings. The van der Waals surface area contributed by atoms with Gasteiger partial charge in [0.2, 0.25) is 5.91 Å². The first-order valence-corrected chi connectivity index (χ1v) is 9.13. The van der Waals surface area contributed by atoms with E-state index in [-0.39, 0.29) is 18.4 Å². The van der Waals surface area contributed by atoms with E-state index in [9.17, 15) is 9.59 Å². The molecular weight excluding hydrogens is 346 g/mol. The second-order valence-electron chi connectivity index (χ2n) is 5.86. The number of esters is 1. The number of carbonyl (C=O) groups excluding carboxylic acids is 2. The van der Waals surface area contributed by atoms with E-state index in [1.54, 1.807) is 13.0 Å². The van der Waals surface area contributed by atoms with Crippen LogP contribution >= 0.6 is 22.9 Å². The van der Waals surface area contributed by atoms with Crippen molar-refractivity contribution in [2.45, 2.75) is 20.3 Å². The number of anilines is 1. The first kappa shape index (κ1) is 17.0. The molecule has 2 atom stereocenters. The van der Waals surface area contributed by atoms with Gasteiger partial charge in [0.1, 0.15) is 10.6 Å². The number of hydrogen-bond donors (Lipinski definition) is 1. The topological polar surface area (TPSA) is 55.4 Å². The maximum Gasteiger partial charge on any atom is 0.341 e. The molecular formula is C18H18ClNO3S. The van der Waals surface area contributed by atoms with Crippen LogP contribution in [0.15, 0.2) is 29.6 Å². The minimum atomic E-state index is -0.451. The normalized spacial score (nSPS) is 19.0. The maximum atomic E-state index is 12.5. The molecule has 0 spiro atoms. The SMILES string of the molecule is CCOC(=O)c1c(-c2ccccc2Cl)csc1NC(=O)C1CC1C. The number of benzene rings is 1. The fourth-order valence-electron chi connectivity index (χ4n) is 2.63. The lowest BCUT2D eigenvalue weighted by Crippen LogP contribution is -2.16. The lowest BCUT2D eigenvalue weighted by Gasteiger charge is -2.09. The minimum Gasteiger partial charge on any atom is -0.462 e. The third-order valence-corrected chi connectivity index (χ3v) is 5.34. The van der Waals surface area contributed by atoms with E-state index < -0.39 is 5.97 Å². The van der Waals surface area contributed by atoms with Crippen molar-refractivity contribution >= 4 is 39.8 Å². The molecule has 0 bridgehead atoms. The number of thiophene rings is 1. The summed E-state index contributed by atoms with van der Waals surface area (Å²) in [5.74, 6) is -0.0571. The largest absolute Gasteiger partial charge is 0.462 e. The van der Waals surface area contributed by atoms with Crippen molar-refractivity contribution in [2.24, 2.45) is 11.8 Å². The van der Waals surface area contributed by atoms with Crippen LogP contribution in [-0.2, 0) is 9.53 Å². The predicted octanol–water partition coefficient (Wildman–Crippen LogP) is 4.84. The van der Waals surface area contributed by atoms with Gasteiger partial charge < -0.3 is 10.1 Å². The highest BCUT2D eigenvalue weighted by molar-refractivity contribution is 7.15. The number of nitrogens with one attached hydrogen (secondary N) is 1. The van der Waals surface area contributed by atoms with E-state index in [2.05, 4.69) is 5.32 Å². The van der Waals surface area contributed by atoms with Crippen molar-refractivity contribution in [3.63, 3.8) is 0 Å². The Morgan fingerprint density at radius 1 is 1.33 bits per heavy atom. The molecule has 1 aromatic carbocycles. The summed E-state index contributed by atoms with van der Waals surface area (Å²) in [7, 11) is 0. The zero-order valence-electron chi connectivity index (χ0n) is 13.5. The molecule has 1 saturated carbocycles. The van der Waals surface area contributed by atoms with Crippen molar-refractivity contribution in [1.82, 2.24) is 0 Å². The van der Waals surface area contributed by atoms with Crippen molar-refractivity contribution in [3.8, 4) is 11.1 Å². The van der Waals surface area contributed by atoms with Crippen LogP contribution in [0.2, 0.25) is 5.02 Å². The molecule has 1 amide bonds. The molecule has 1 aliphatic carbocycles.